The van der Waals surface area contributed by atoms with Gasteiger partial charge in [0.2, 0.25) is 5.91 Å². The Morgan fingerprint density at radius 1 is 0.952 bits per heavy atom. The highest BCUT2D eigenvalue weighted by molar-refractivity contribution is 5.92. The maximum absolute atomic E-state index is 11.9. The van der Waals surface area contributed by atoms with Gasteiger partial charge in [0.1, 0.15) is 0 Å². The summed E-state index contributed by atoms with van der Waals surface area (Å²) in [4.78, 5) is 11.9. The second-order valence-electron chi connectivity index (χ2n) is 5.43. The van der Waals surface area contributed by atoms with Crippen LogP contribution in [0, 0.1) is 13.8 Å². The number of amides is 1. The number of benzene rings is 2. The van der Waals surface area contributed by atoms with Crippen molar-refractivity contribution in [2.24, 2.45) is 0 Å². The van der Waals surface area contributed by atoms with Crippen LogP contribution in [0.15, 0.2) is 48.5 Å². The molecule has 0 aliphatic rings. The Morgan fingerprint density at radius 3 is 2.05 bits per heavy atom. The molecular weight excluding hydrogens is 260 g/mol. The van der Waals surface area contributed by atoms with Gasteiger partial charge in [-0.15, -0.1) is 0 Å². The average molecular weight is 282 g/mol. The lowest BCUT2D eigenvalue weighted by Gasteiger charge is -2.14. The van der Waals surface area contributed by atoms with Crippen molar-refractivity contribution in [1.29, 1.82) is 0 Å². The molecule has 3 nitrogen and oxygen atoms in total. The number of aryl methyl sites for hydroxylation is 2. The molecule has 2 rings (SSSR count). The van der Waals surface area contributed by atoms with Gasteiger partial charge in [0.25, 0.3) is 0 Å². The van der Waals surface area contributed by atoms with E-state index >= 15 is 0 Å². The summed E-state index contributed by atoms with van der Waals surface area (Å²) in [5.41, 5.74) is 4.43. The molecule has 0 bridgehead atoms. The van der Waals surface area contributed by atoms with Gasteiger partial charge in [-0.25, -0.2) is 0 Å². The highest BCUT2D eigenvalue weighted by atomic mass is 16.1. The van der Waals surface area contributed by atoms with Gasteiger partial charge < -0.3 is 10.6 Å². The van der Waals surface area contributed by atoms with Crippen molar-refractivity contribution < 1.29 is 4.79 Å². The molecule has 2 N–H and O–H groups in total. The van der Waals surface area contributed by atoms with E-state index in [2.05, 4.69) is 48.7 Å². The van der Waals surface area contributed by atoms with E-state index in [1.54, 1.807) is 0 Å². The van der Waals surface area contributed by atoms with Gasteiger partial charge in [-0.1, -0.05) is 47.5 Å². The number of hydrogen-bond donors (Lipinski definition) is 2. The van der Waals surface area contributed by atoms with E-state index in [0.717, 1.165) is 5.69 Å². The van der Waals surface area contributed by atoms with Crippen LogP contribution in [0.3, 0.4) is 0 Å². The van der Waals surface area contributed by atoms with Gasteiger partial charge >= 0.3 is 0 Å². The third-order valence-corrected chi connectivity index (χ3v) is 3.48. The summed E-state index contributed by atoms with van der Waals surface area (Å²) in [6.45, 7) is 6.44. The zero-order valence-electron chi connectivity index (χ0n) is 12.8. The van der Waals surface area contributed by atoms with Crippen molar-refractivity contribution in [3.63, 3.8) is 0 Å². The highest BCUT2D eigenvalue weighted by Gasteiger charge is 2.07. The average Bonchev–Trinajstić information content (AvgIpc) is 2.48. The summed E-state index contributed by atoms with van der Waals surface area (Å²) in [6.07, 6.45) is 0. The lowest BCUT2D eigenvalue weighted by Crippen LogP contribution is -2.30. The number of hydrogen-bond acceptors (Lipinski definition) is 2. The van der Waals surface area contributed by atoms with Crippen LogP contribution < -0.4 is 10.6 Å². The molecule has 1 amide bonds. The zero-order chi connectivity index (χ0) is 15.2. The molecule has 3 heteroatoms. The fourth-order valence-corrected chi connectivity index (χ4v) is 2.06. The molecule has 0 aliphatic heterocycles. The van der Waals surface area contributed by atoms with E-state index in [0.29, 0.717) is 6.54 Å². The summed E-state index contributed by atoms with van der Waals surface area (Å²) in [7, 11) is 0. The summed E-state index contributed by atoms with van der Waals surface area (Å²) in [5.74, 6) is -0.0298. The van der Waals surface area contributed by atoms with Crippen LogP contribution in [-0.4, -0.2) is 12.5 Å². The van der Waals surface area contributed by atoms with E-state index in [9.17, 15) is 4.79 Å². The molecular formula is C18H22N2O. The summed E-state index contributed by atoms with van der Waals surface area (Å²) >= 11 is 0. The molecule has 110 valence electrons. The fourth-order valence-electron chi connectivity index (χ4n) is 2.06. The largest absolute Gasteiger partial charge is 0.325 e. The van der Waals surface area contributed by atoms with Crippen LogP contribution in [-0.2, 0) is 4.79 Å². The Bertz CT molecular complexity index is 588. The smallest absolute Gasteiger partial charge is 0.238 e. The first-order valence-corrected chi connectivity index (χ1v) is 7.21. The number of carbonyl (C=O) groups is 1. The molecule has 2 aromatic carbocycles. The highest BCUT2D eigenvalue weighted by Crippen LogP contribution is 2.13. The minimum atomic E-state index is -0.0298. The van der Waals surface area contributed by atoms with Crippen LogP contribution in [0.25, 0.3) is 0 Å². The molecule has 0 saturated carbocycles. The predicted octanol–water partition coefficient (Wildman–Crippen LogP) is 3.59. The molecule has 0 fully saturated rings. The SMILES string of the molecule is Cc1ccc(NC(=O)CN[C@@H](C)c2ccc(C)cc2)cc1. The summed E-state index contributed by atoms with van der Waals surface area (Å²) < 4.78 is 0. The Hall–Kier alpha value is -2.13. The van der Waals surface area contributed by atoms with Crippen LogP contribution in [0.2, 0.25) is 0 Å². The first kappa shape index (κ1) is 15.3. The van der Waals surface area contributed by atoms with Crippen molar-refractivity contribution in [2.75, 3.05) is 11.9 Å². The number of carbonyl (C=O) groups excluding carboxylic acids is 1. The van der Waals surface area contributed by atoms with Gasteiger partial charge in [-0.2, -0.15) is 0 Å². The molecule has 1 atom stereocenters. The molecule has 21 heavy (non-hydrogen) atoms. The van der Waals surface area contributed by atoms with Gasteiger partial charge in [0.15, 0.2) is 0 Å². The lowest BCUT2D eigenvalue weighted by atomic mass is 10.1. The van der Waals surface area contributed by atoms with Gasteiger partial charge in [0.05, 0.1) is 6.54 Å². The third kappa shape index (κ3) is 4.72. The minimum absolute atomic E-state index is 0.0298. The molecule has 0 heterocycles. The van der Waals surface area contributed by atoms with Gasteiger partial charge in [-0.3, -0.25) is 4.79 Å². The van der Waals surface area contributed by atoms with Gasteiger partial charge in [-0.05, 0) is 38.5 Å². The Balaban J connectivity index is 1.83. The molecule has 0 radical (unpaired) electrons. The van der Waals surface area contributed by atoms with Crippen LogP contribution in [0.5, 0.6) is 0 Å². The quantitative estimate of drug-likeness (QED) is 0.880. The van der Waals surface area contributed by atoms with E-state index in [1.807, 2.05) is 31.2 Å². The number of nitrogens with one attached hydrogen (secondary N) is 2. The maximum atomic E-state index is 11.9. The standard InChI is InChI=1S/C18H22N2O/c1-13-4-8-16(9-5-13)15(3)19-12-18(21)20-17-10-6-14(2)7-11-17/h4-11,15,19H,12H2,1-3H3,(H,20,21)/t15-/m0/s1. The second-order valence-corrected chi connectivity index (χ2v) is 5.43. The number of anilines is 1. The van der Waals surface area contributed by atoms with Crippen molar-refractivity contribution in [2.45, 2.75) is 26.8 Å². The number of rotatable bonds is 5. The van der Waals surface area contributed by atoms with Crippen molar-refractivity contribution in [3.8, 4) is 0 Å². The summed E-state index contributed by atoms with van der Waals surface area (Å²) in [6, 6.07) is 16.3. The third-order valence-electron chi connectivity index (χ3n) is 3.48. The lowest BCUT2D eigenvalue weighted by molar-refractivity contribution is -0.115. The maximum Gasteiger partial charge on any atom is 0.238 e. The van der Waals surface area contributed by atoms with E-state index in [1.165, 1.54) is 16.7 Å². The Morgan fingerprint density at radius 2 is 1.48 bits per heavy atom. The van der Waals surface area contributed by atoms with Crippen LogP contribution >= 0.6 is 0 Å². The molecule has 0 saturated heterocycles. The van der Waals surface area contributed by atoms with Crippen molar-refractivity contribution in [1.82, 2.24) is 5.32 Å². The van der Waals surface area contributed by atoms with E-state index in [4.69, 9.17) is 0 Å². The normalized spacial score (nSPS) is 12.0. The molecule has 0 aliphatic carbocycles. The topological polar surface area (TPSA) is 41.1 Å². The summed E-state index contributed by atoms with van der Waals surface area (Å²) in [5, 5.41) is 6.12. The van der Waals surface area contributed by atoms with E-state index in [-0.39, 0.29) is 11.9 Å². The van der Waals surface area contributed by atoms with Crippen LogP contribution in [0.4, 0.5) is 5.69 Å². The molecule has 0 spiro atoms. The van der Waals surface area contributed by atoms with Crippen LogP contribution in [0.1, 0.15) is 29.7 Å². The van der Waals surface area contributed by atoms with E-state index < -0.39 is 0 Å². The monoisotopic (exact) mass is 282 g/mol. The Labute approximate surface area is 126 Å². The van der Waals surface area contributed by atoms with Crippen molar-refractivity contribution in [3.05, 3.63) is 65.2 Å². The first-order valence-electron chi connectivity index (χ1n) is 7.21. The minimum Gasteiger partial charge on any atom is -0.325 e. The fraction of sp³-hybridized carbons (Fsp3) is 0.278. The van der Waals surface area contributed by atoms with Gasteiger partial charge in [0, 0.05) is 11.7 Å². The molecule has 0 aromatic heterocycles. The second kappa shape index (κ2) is 7.04. The molecule has 2 aromatic rings. The predicted molar refractivity (Wildman–Crippen MR) is 87.4 cm³/mol. The zero-order valence-corrected chi connectivity index (χ0v) is 12.8. The Kier molecular flexibility index (Phi) is 5.12. The molecule has 0 unspecified atom stereocenters. The van der Waals surface area contributed by atoms with Crippen molar-refractivity contribution >= 4 is 11.6 Å². The first-order chi connectivity index (χ1) is 10.0.